The van der Waals surface area contributed by atoms with Crippen LogP contribution in [0.1, 0.15) is 59.2 Å². The normalized spacial score (nSPS) is 16.4. The molecule has 0 fully saturated rings. The van der Waals surface area contributed by atoms with Crippen LogP contribution in [0.25, 0.3) is 0 Å². The molecule has 0 amide bonds. The first-order valence-electron chi connectivity index (χ1n) is 9.44. The van der Waals surface area contributed by atoms with E-state index in [0.29, 0.717) is 29.1 Å². The van der Waals surface area contributed by atoms with Gasteiger partial charge in [0.15, 0.2) is 0 Å². The number of hydrogen-bond donors (Lipinski definition) is 3. The molecular weight excluding hydrogens is 353 g/mol. The number of rotatable bonds is 6. The van der Waals surface area contributed by atoms with E-state index in [1.165, 1.54) is 6.08 Å². The minimum Gasteiger partial charge on any atom is -0.384 e. The maximum absolute atomic E-state index is 13.5. The van der Waals surface area contributed by atoms with Gasteiger partial charge in [-0.2, -0.15) is 0 Å². The third-order valence-electron chi connectivity index (χ3n) is 3.91. The highest BCUT2D eigenvalue weighted by atomic mass is 19.1. The number of halogens is 1. The summed E-state index contributed by atoms with van der Waals surface area (Å²) in [5.41, 5.74) is 2.25. The molecule has 0 radical (unpaired) electrons. The molecule has 1 unspecified atom stereocenters. The van der Waals surface area contributed by atoms with Crippen LogP contribution in [-0.2, 0) is 5.60 Å². The second-order valence-corrected chi connectivity index (χ2v) is 6.90. The van der Waals surface area contributed by atoms with Crippen molar-refractivity contribution in [2.24, 2.45) is 5.92 Å². The smallest absolute Gasteiger partial charge is 0.115 e. The van der Waals surface area contributed by atoms with Crippen LogP contribution in [0, 0.1) is 23.2 Å². The lowest BCUT2D eigenvalue weighted by Crippen LogP contribution is -2.17. The van der Waals surface area contributed by atoms with Crippen molar-refractivity contribution in [3.8, 4) is 11.8 Å². The zero-order valence-electron chi connectivity index (χ0n) is 17.5. The fraction of sp³-hybridized carbons (Fsp3) is 0.391. The molecule has 1 atom stereocenters. The second kappa shape index (κ2) is 10.6. The van der Waals surface area contributed by atoms with Gasteiger partial charge >= 0.3 is 0 Å². The molecule has 1 aliphatic carbocycles. The minimum atomic E-state index is -1.00. The van der Waals surface area contributed by atoms with Crippen molar-refractivity contribution in [1.29, 1.82) is 5.41 Å². The van der Waals surface area contributed by atoms with E-state index < -0.39 is 11.5 Å². The molecule has 1 heterocycles. The molecule has 4 nitrogen and oxygen atoms in total. The molecule has 1 aromatic rings. The number of hydrogen-bond acceptors (Lipinski definition) is 4. The number of pyridine rings is 1. The number of aliphatic hydroxyl groups is 1. The molecule has 5 heteroatoms. The Labute approximate surface area is 167 Å². The number of allylic oxidation sites excluding steroid dienone is 5. The molecule has 0 aromatic carbocycles. The highest BCUT2D eigenvalue weighted by Gasteiger charge is 2.17. The molecule has 0 saturated carbocycles. The summed E-state index contributed by atoms with van der Waals surface area (Å²) < 4.78 is 13.5. The Kier molecular flexibility index (Phi) is 8.81. The average molecular weight is 384 g/mol. The van der Waals surface area contributed by atoms with Crippen molar-refractivity contribution in [1.82, 2.24) is 10.3 Å². The summed E-state index contributed by atoms with van der Waals surface area (Å²) in [5, 5.41) is 21.2. The van der Waals surface area contributed by atoms with Gasteiger partial charge in [0.2, 0.25) is 0 Å². The molecule has 1 aliphatic rings. The SMILES string of the molecule is C/C(=C/NC1=CC=C(F)C(C)C#C1)CC(=N)c1ccc(C(C)(C)O)nc1.CC. The van der Waals surface area contributed by atoms with Gasteiger partial charge in [0.25, 0.3) is 0 Å². The average Bonchev–Trinajstić information content (AvgIpc) is 2.83. The zero-order chi connectivity index (χ0) is 21.3. The van der Waals surface area contributed by atoms with Gasteiger partial charge < -0.3 is 15.8 Å². The van der Waals surface area contributed by atoms with Crippen LogP contribution in [0.3, 0.4) is 0 Å². The van der Waals surface area contributed by atoms with E-state index in [0.717, 1.165) is 5.57 Å². The molecule has 1 aromatic heterocycles. The van der Waals surface area contributed by atoms with Crippen molar-refractivity contribution in [3.63, 3.8) is 0 Å². The number of nitrogens with zero attached hydrogens (tertiary/aromatic N) is 1. The highest BCUT2D eigenvalue weighted by Crippen LogP contribution is 2.18. The summed E-state index contributed by atoms with van der Waals surface area (Å²) in [6, 6.07) is 3.52. The van der Waals surface area contributed by atoms with Crippen LogP contribution >= 0.6 is 0 Å². The minimum absolute atomic E-state index is 0.251. The van der Waals surface area contributed by atoms with E-state index in [1.54, 1.807) is 51.4 Å². The topological polar surface area (TPSA) is 69.0 Å². The van der Waals surface area contributed by atoms with Crippen LogP contribution in [-0.4, -0.2) is 15.8 Å². The van der Waals surface area contributed by atoms with E-state index in [-0.39, 0.29) is 5.83 Å². The highest BCUT2D eigenvalue weighted by molar-refractivity contribution is 5.99. The Balaban J connectivity index is 0.00000190. The third kappa shape index (κ3) is 7.13. The van der Waals surface area contributed by atoms with E-state index in [9.17, 15) is 9.50 Å². The maximum atomic E-state index is 13.5. The van der Waals surface area contributed by atoms with Gasteiger partial charge in [-0.05, 0) is 57.9 Å². The van der Waals surface area contributed by atoms with Crippen molar-refractivity contribution >= 4 is 5.71 Å². The van der Waals surface area contributed by atoms with Crippen molar-refractivity contribution in [2.75, 3.05) is 0 Å². The molecule has 0 bridgehead atoms. The Hall–Kier alpha value is -2.71. The monoisotopic (exact) mass is 383 g/mol. The van der Waals surface area contributed by atoms with E-state index >= 15 is 0 Å². The second-order valence-electron chi connectivity index (χ2n) is 6.90. The first kappa shape index (κ1) is 23.3. The fourth-order valence-corrected chi connectivity index (χ4v) is 2.26. The quantitative estimate of drug-likeness (QED) is 0.479. The van der Waals surface area contributed by atoms with Gasteiger partial charge in [0.1, 0.15) is 11.4 Å². The van der Waals surface area contributed by atoms with Crippen LogP contribution < -0.4 is 5.32 Å². The summed E-state index contributed by atoms with van der Waals surface area (Å²) in [6.45, 7) is 11.0. The molecule has 2 rings (SSSR count). The van der Waals surface area contributed by atoms with Gasteiger partial charge in [0.05, 0.1) is 17.3 Å². The molecule has 150 valence electrons. The van der Waals surface area contributed by atoms with E-state index in [2.05, 4.69) is 22.1 Å². The van der Waals surface area contributed by atoms with Crippen molar-refractivity contribution < 1.29 is 9.50 Å². The molecular formula is C23H30FN3O. The standard InChI is InChI=1S/C21H24FN3O.C2H6/c1-14(12-24-17-7-5-15(2)18(22)9-8-17)11-19(23)16-6-10-20(25-13-16)21(3,4)26;1-2/h6,8-10,12-13,15,23-24,26H,11H2,1-4H3;1-2H3/b14-12-,23-19?;. The number of aromatic nitrogens is 1. The molecule has 0 saturated heterocycles. The Morgan fingerprint density at radius 3 is 2.61 bits per heavy atom. The first-order valence-corrected chi connectivity index (χ1v) is 9.44. The molecule has 3 N–H and O–H groups in total. The van der Waals surface area contributed by atoms with Crippen LogP contribution in [0.4, 0.5) is 4.39 Å². The summed E-state index contributed by atoms with van der Waals surface area (Å²) in [4.78, 5) is 4.23. The lowest BCUT2D eigenvalue weighted by atomic mass is 10.0. The fourth-order valence-electron chi connectivity index (χ4n) is 2.26. The largest absolute Gasteiger partial charge is 0.384 e. The van der Waals surface area contributed by atoms with Crippen LogP contribution in [0.2, 0.25) is 0 Å². The lowest BCUT2D eigenvalue weighted by Gasteiger charge is -2.16. The third-order valence-corrected chi connectivity index (χ3v) is 3.91. The van der Waals surface area contributed by atoms with Crippen LogP contribution in [0.5, 0.6) is 0 Å². The van der Waals surface area contributed by atoms with Gasteiger partial charge in [-0.25, -0.2) is 4.39 Å². The van der Waals surface area contributed by atoms with Gasteiger partial charge in [-0.3, -0.25) is 4.98 Å². The summed E-state index contributed by atoms with van der Waals surface area (Å²) >= 11 is 0. The first-order chi connectivity index (χ1) is 13.2. The molecule has 0 spiro atoms. The van der Waals surface area contributed by atoms with E-state index in [1.807, 2.05) is 20.8 Å². The van der Waals surface area contributed by atoms with E-state index in [4.69, 9.17) is 5.41 Å². The number of nitrogens with one attached hydrogen (secondary N) is 2. The maximum Gasteiger partial charge on any atom is 0.115 e. The Morgan fingerprint density at radius 2 is 2.04 bits per heavy atom. The zero-order valence-corrected chi connectivity index (χ0v) is 17.5. The van der Waals surface area contributed by atoms with Gasteiger partial charge in [0, 0.05) is 30.1 Å². The van der Waals surface area contributed by atoms with Crippen molar-refractivity contribution in [2.45, 2.75) is 53.6 Å². The Morgan fingerprint density at radius 1 is 1.36 bits per heavy atom. The summed E-state index contributed by atoms with van der Waals surface area (Å²) in [5.74, 6) is 5.08. The predicted octanol–water partition coefficient (Wildman–Crippen LogP) is 4.98. The summed E-state index contributed by atoms with van der Waals surface area (Å²) in [7, 11) is 0. The summed E-state index contributed by atoms with van der Waals surface area (Å²) in [6.07, 6.45) is 6.83. The van der Waals surface area contributed by atoms with Gasteiger partial charge in [-0.15, -0.1) is 0 Å². The van der Waals surface area contributed by atoms with Crippen molar-refractivity contribution in [3.05, 3.63) is 65.0 Å². The predicted molar refractivity (Wildman–Crippen MR) is 113 cm³/mol. The van der Waals surface area contributed by atoms with Crippen LogP contribution in [0.15, 0.2) is 53.8 Å². The molecule has 0 aliphatic heterocycles. The van der Waals surface area contributed by atoms with Gasteiger partial charge in [-0.1, -0.05) is 25.3 Å². The lowest BCUT2D eigenvalue weighted by molar-refractivity contribution is 0.0738. The Bertz CT molecular complexity index is 831. The molecule has 28 heavy (non-hydrogen) atoms.